The number of hydrogen-bond acceptors (Lipinski definition) is 4. The van der Waals surface area contributed by atoms with E-state index in [9.17, 15) is 9.59 Å². The largest absolute Gasteiger partial charge is 0.342 e. The number of nitrogens with zero attached hydrogens (tertiary/aromatic N) is 2. The topological polar surface area (TPSA) is 52.7 Å². The van der Waals surface area contributed by atoms with Crippen LogP contribution in [0.2, 0.25) is 0 Å². The van der Waals surface area contributed by atoms with Crippen LogP contribution in [-0.2, 0) is 9.59 Å². The second-order valence-corrected chi connectivity index (χ2v) is 6.40. The number of rotatable bonds is 4. The molecule has 0 unspecified atom stereocenters. The first-order chi connectivity index (χ1) is 9.77. The molecule has 0 atom stereocenters. The van der Waals surface area contributed by atoms with Crippen molar-refractivity contribution in [1.29, 1.82) is 0 Å². The van der Waals surface area contributed by atoms with Crippen molar-refractivity contribution in [3.05, 3.63) is 0 Å². The summed E-state index contributed by atoms with van der Waals surface area (Å²) >= 11 is 1.46. The molecule has 2 heterocycles. The first-order valence-corrected chi connectivity index (χ1v) is 8.77. The highest BCUT2D eigenvalue weighted by Gasteiger charge is 2.18. The summed E-state index contributed by atoms with van der Waals surface area (Å²) in [7, 11) is 0. The van der Waals surface area contributed by atoms with Crippen LogP contribution in [0.1, 0.15) is 25.7 Å². The summed E-state index contributed by atoms with van der Waals surface area (Å²) in [4.78, 5) is 27.9. The molecule has 0 spiro atoms. The van der Waals surface area contributed by atoms with Gasteiger partial charge in [-0.05, 0) is 32.2 Å². The van der Waals surface area contributed by atoms with E-state index in [4.69, 9.17) is 0 Å². The van der Waals surface area contributed by atoms with Gasteiger partial charge in [0.2, 0.25) is 11.8 Å². The third kappa shape index (κ3) is 4.98. The Hall–Kier alpha value is -0.750. The fourth-order valence-electron chi connectivity index (χ4n) is 2.65. The normalized spacial score (nSPS) is 20.6. The van der Waals surface area contributed by atoms with Crippen molar-refractivity contribution >= 4 is 23.6 Å². The fourth-order valence-corrected chi connectivity index (χ4v) is 3.46. The molecule has 1 N–H and O–H groups in total. The SMILES string of the molecule is O=C(CSCC(=O)N1CCCNCC1)N1CCCCC1. The Bertz CT molecular complexity index is 324. The van der Waals surface area contributed by atoms with E-state index in [0.29, 0.717) is 11.5 Å². The molecule has 0 aromatic heterocycles. The van der Waals surface area contributed by atoms with Crippen LogP contribution in [0.4, 0.5) is 0 Å². The van der Waals surface area contributed by atoms with E-state index >= 15 is 0 Å². The molecule has 0 aliphatic carbocycles. The fraction of sp³-hybridized carbons (Fsp3) is 0.857. The number of carbonyl (C=O) groups excluding carboxylic acids is 2. The lowest BCUT2D eigenvalue weighted by Gasteiger charge is -2.26. The van der Waals surface area contributed by atoms with Gasteiger partial charge >= 0.3 is 0 Å². The lowest BCUT2D eigenvalue weighted by molar-refractivity contribution is -0.129. The maximum atomic E-state index is 12.1. The molecule has 20 heavy (non-hydrogen) atoms. The number of nitrogens with one attached hydrogen (secondary N) is 1. The number of piperidine rings is 1. The molecular weight excluding hydrogens is 274 g/mol. The molecular formula is C14H25N3O2S. The van der Waals surface area contributed by atoms with Gasteiger partial charge in [0.05, 0.1) is 11.5 Å². The molecule has 5 nitrogen and oxygen atoms in total. The minimum atomic E-state index is 0.171. The molecule has 2 aliphatic rings. The Morgan fingerprint density at radius 3 is 2.10 bits per heavy atom. The molecule has 114 valence electrons. The number of likely N-dealkylation sites (tertiary alicyclic amines) is 1. The molecule has 0 bridgehead atoms. The highest BCUT2D eigenvalue weighted by atomic mass is 32.2. The lowest BCUT2D eigenvalue weighted by Crippen LogP contribution is -2.38. The van der Waals surface area contributed by atoms with Gasteiger partial charge in [0.25, 0.3) is 0 Å². The van der Waals surface area contributed by atoms with E-state index in [1.165, 1.54) is 18.2 Å². The average Bonchev–Trinajstić information content (AvgIpc) is 2.77. The van der Waals surface area contributed by atoms with Gasteiger partial charge in [-0.15, -0.1) is 11.8 Å². The predicted octanol–water partition coefficient (Wildman–Crippen LogP) is 0.554. The summed E-state index contributed by atoms with van der Waals surface area (Å²) in [6.07, 6.45) is 4.49. The van der Waals surface area contributed by atoms with Gasteiger partial charge in [-0.25, -0.2) is 0 Å². The van der Waals surface area contributed by atoms with Crippen molar-refractivity contribution in [1.82, 2.24) is 15.1 Å². The van der Waals surface area contributed by atoms with Crippen molar-refractivity contribution in [2.24, 2.45) is 0 Å². The predicted molar refractivity (Wildman–Crippen MR) is 81.8 cm³/mol. The standard InChI is InChI=1S/C14H25N3O2S/c18-13(16-7-2-1-3-8-16)11-20-12-14(19)17-9-4-5-15-6-10-17/h15H,1-12H2. The van der Waals surface area contributed by atoms with Gasteiger partial charge in [-0.3, -0.25) is 9.59 Å². The summed E-state index contributed by atoms with van der Waals surface area (Å²) < 4.78 is 0. The zero-order chi connectivity index (χ0) is 14.2. The molecule has 0 aromatic rings. The van der Waals surface area contributed by atoms with Crippen molar-refractivity contribution in [2.45, 2.75) is 25.7 Å². The summed E-state index contributed by atoms with van der Waals surface area (Å²) in [6, 6.07) is 0. The van der Waals surface area contributed by atoms with E-state index < -0.39 is 0 Å². The van der Waals surface area contributed by atoms with E-state index in [0.717, 1.165) is 58.5 Å². The van der Waals surface area contributed by atoms with Crippen molar-refractivity contribution < 1.29 is 9.59 Å². The van der Waals surface area contributed by atoms with Gasteiger partial charge in [-0.1, -0.05) is 0 Å². The number of carbonyl (C=O) groups is 2. The molecule has 0 radical (unpaired) electrons. The van der Waals surface area contributed by atoms with E-state index in [-0.39, 0.29) is 11.8 Å². The zero-order valence-electron chi connectivity index (χ0n) is 12.1. The van der Waals surface area contributed by atoms with Crippen molar-refractivity contribution in [3.63, 3.8) is 0 Å². The Morgan fingerprint density at radius 2 is 1.40 bits per heavy atom. The van der Waals surface area contributed by atoms with Gasteiger partial charge in [0.1, 0.15) is 0 Å². The van der Waals surface area contributed by atoms with Crippen molar-refractivity contribution in [3.8, 4) is 0 Å². The minimum absolute atomic E-state index is 0.171. The zero-order valence-corrected chi connectivity index (χ0v) is 12.9. The maximum Gasteiger partial charge on any atom is 0.232 e. The van der Waals surface area contributed by atoms with Gasteiger partial charge in [0, 0.05) is 32.7 Å². The van der Waals surface area contributed by atoms with Crippen LogP contribution in [0.3, 0.4) is 0 Å². The molecule has 0 saturated carbocycles. The molecule has 6 heteroatoms. The van der Waals surface area contributed by atoms with Crippen LogP contribution in [0.5, 0.6) is 0 Å². The van der Waals surface area contributed by atoms with Crippen LogP contribution in [0.15, 0.2) is 0 Å². The average molecular weight is 299 g/mol. The highest BCUT2D eigenvalue weighted by Crippen LogP contribution is 2.12. The lowest BCUT2D eigenvalue weighted by atomic mass is 10.1. The second-order valence-electron chi connectivity index (χ2n) is 5.42. The van der Waals surface area contributed by atoms with Crippen LogP contribution < -0.4 is 5.32 Å². The van der Waals surface area contributed by atoms with Crippen LogP contribution in [-0.4, -0.2) is 72.4 Å². The monoisotopic (exact) mass is 299 g/mol. The van der Waals surface area contributed by atoms with E-state index in [1.807, 2.05) is 9.80 Å². The highest BCUT2D eigenvalue weighted by molar-refractivity contribution is 8.00. The molecule has 2 aliphatic heterocycles. The molecule has 2 saturated heterocycles. The van der Waals surface area contributed by atoms with E-state index in [2.05, 4.69) is 5.32 Å². The number of amides is 2. The van der Waals surface area contributed by atoms with Gasteiger partial charge in [-0.2, -0.15) is 0 Å². The summed E-state index contributed by atoms with van der Waals surface area (Å²) in [5.41, 5.74) is 0. The Labute approximate surface area is 125 Å². The van der Waals surface area contributed by atoms with Crippen molar-refractivity contribution in [2.75, 3.05) is 50.8 Å². The maximum absolute atomic E-state index is 12.1. The first kappa shape index (κ1) is 15.6. The number of thioether (sulfide) groups is 1. The van der Waals surface area contributed by atoms with E-state index in [1.54, 1.807) is 0 Å². The Morgan fingerprint density at radius 1 is 0.800 bits per heavy atom. The Balaban J connectivity index is 1.64. The Kier molecular flexibility index (Phi) is 6.66. The van der Waals surface area contributed by atoms with Crippen LogP contribution >= 0.6 is 11.8 Å². The first-order valence-electron chi connectivity index (χ1n) is 7.61. The third-order valence-corrected chi connectivity index (χ3v) is 4.75. The smallest absolute Gasteiger partial charge is 0.232 e. The summed E-state index contributed by atoms with van der Waals surface area (Å²) in [5, 5.41) is 3.29. The van der Waals surface area contributed by atoms with Gasteiger partial charge in [0.15, 0.2) is 0 Å². The molecule has 2 rings (SSSR count). The summed E-state index contributed by atoms with van der Waals surface area (Å²) in [6.45, 7) is 5.29. The van der Waals surface area contributed by atoms with Crippen LogP contribution in [0.25, 0.3) is 0 Å². The molecule has 2 fully saturated rings. The summed E-state index contributed by atoms with van der Waals surface area (Å²) in [5.74, 6) is 1.24. The quantitative estimate of drug-likeness (QED) is 0.824. The molecule has 0 aromatic carbocycles. The van der Waals surface area contributed by atoms with Gasteiger partial charge < -0.3 is 15.1 Å². The number of hydrogen-bond donors (Lipinski definition) is 1. The third-order valence-electron chi connectivity index (χ3n) is 3.85. The second kappa shape index (κ2) is 8.52. The minimum Gasteiger partial charge on any atom is -0.342 e. The molecule has 2 amide bonds. The van der Waals surface area contributed by atoms with Crippen LogP contribution in [0, 0.1) is 0 Å².